The molecule has 0 aliphatic heterocycles. The van der Waals surface area contributed by atoms with Crippen LogP contribution in [0.15, 0.2) is 53.5 Å². The predicted octanol–water partition coefficient (Wildman–Crippen LogP) is 2.50. The summed E-state index contributed by atoms with van der Waals surface area (Å²) in [7, 11) is 0. The van der Waals surface area contributed by atoms with Crippen LogP contribution in [0.3, 0.4) is 0 Å². The molecule has 0 aliphatic rings. The van der Waals surface area contributed by atoms with E-state index in [1.54, 1.807) is 6.92 Å². The number of carbonyl (C=O) groups is 1. The fourth-order valence-electron chi connectivity index (χ4n) is 2.31. The molecule has 0 saturated heterocycles. The maximum atomic E-state index is 12.4. The number of nitrogens with zero attached hydrogens (tertiary/aromatic N) is 1. The first-order chi connectivity index (χ1) is 10.2. The minimum atomic E-state index is -0.613. The van der Waals surface area contributed by atoms with Gasteiger partial charge in [0, 0.05) is 11.6 Å². The number of H-pyrrole nitrogens is 1. The molecule has 0 atom stereocenters. The van der Waals surface area contributed by atoms with E-state index >= 15 is 0 Å². The molecule has 5 nitrogen and oxygen atoms in total. The topological polar surface area (TPSA) is 64.1 Å². The van der Waals surface area contributed by atoms with E-state index in [-0.39, 0.29) is 12.2 Å². The number of aromatic nitrogens is 2. The van der Waals surface area contributed by atoms with Crippen LogP contribution in [0.4, 0.5) is 0 Å². The van der Waals surface area contributed by atoms with E-state index in [0.29, 0.717) is 5.69 Å². The van der Waals surface area contributed by atoms with Crippen molar-refractivity contribution in [3.8, 4) is 5.69 Å². The minimum absolute atomic E-state index is 0.00443. The fourth-order valence-corrected chi connectivity index (χ4v) is 2.31. The smallest absolute Gasteiger partial charge is 0.345 e. The summed E-state index contributed by atoms with van der Waals surface area (Å²) in [5.74, 6) is -0.613. The Hall–Kier alpha value is -2.82. The molecule has 0 aliphatic carbocycles. The Kier molecular flexibility index (Phi) is 3.31. The molecule has 0 amide bonds. The van der Waals surface area contributed by atoms with Crippen LogP contribution in [0.5, 0.6) is 0 Å². The van der Waals surface area contributed by atoms with Gasteiger partial charge in [0.25, 0.3) is 5.56 Å². The van der Waals surface area contributed by atoms with Crippen LogP contribution in [-0.4, -0.2) is 22.4 Å². The van der Waals surface area contributed by atoms with Crippen molar-refractivity contribution in [3.63, 3.8) is 0 Å². The van der Waals surface area contributed by atoms with E-state index in [0.717, 1.165) is 10.8 Å². The second-order valence-electron chi connectivity index (χ2n) is 4.55. The Morgan fingerprint density at radius 2 is 1.95 bits per heavy atom. The molecule has 2 aromatic carbocycles. The number of fused-ring (bicyclic) bond motifs is 1. The van der Waals surface area contributed by atoms with E-state index in [9.17, 15) is 9.59 Å². The van der Waals surface area contributed by atoms with Gasteiger partial charge in [-0.2, -0.15) is 0 Å². The van der Waals surface area contributed by atoms with Crippen LogP contribution >= 0.6 is 0 Å². The van der Waals surface area contributed by atoms with Crippen LogP contribution < -0.4 is 5.56 Å². The highest BCUT2D eigenvalue weighted by atomic mass is 16.5. The highest BCUT2D eigenvalue weighted by Crippen LogP contribution is 2.20. The third kappa shape index (κ3) is 2.23. The summed E-state index contributed by atoms with van der Waals surface area (Å²) in [4.78, 5) is 24.1. The predicted molar refractivity (Wildman–Crippen MR) is 79.9 cm³/mol. The molecule has 3 aromatic rings. The summed E-state index contributed by atoms with van der Waals surface area (Å²) < 4.78 is 6.23. The molecule has 5 heteroatoms. The van der Waals surface area contributed by atoms with Crippen LogP contribution in [0.25, 0.3) is 16.5 Å². The number of aromatic amines is 1. The first-order valence-corrected chi connectivity index (χ1v) is 6.68. The van der Waals surface area contributed by atoms with E-state index in [1.807, 2.05) is 42.5 Å². The number of ether oxygens (including phenoxy) is 1. The second-order valence-corrected chi connectivity index (χ2v) is 4.55. The van der Waals surface area contributed by atoms with Gasteiger partial charge in [-0.25, -0.2) is 9.48 Å². The summed E-state index contributed by atoms with van der Waals surface area (Å²) in [6.45, 7) is 1.94. The van der Waals surface area contributed by atoms with Gasteiger partial charge < -0.3 is 4.74 Å². The normalized spacial score (nSPS) is 10.7. The largest absolute Gasteiger partial charge is 0.462 e. The van der Waals surface area contributed by atoms with Gasteiger partial charge in [0.05, 0.1) is 12.3 Å². The van der Waals surface area contributed by atoms with Crippen molar-refractivity contribution in [3.05, 3.63) is 64.6 Å². The van der Waals surface area contributed by atoms with Gasteiger partial charge in [0.15, 0.2) is 0 Å². The lowest BCUT2D eigenvalue weighted by Crippen LogP contribution is -2.21. The number of hydrogen-bond acceptors (Lipinski definition) is 3. The zero-order chi connectivity index (χ0) is 14.8. The van der Waals surface area contributed by atoms with E-state index < -0.39 is 11.5 Å². The van der Waals surface area contributed by atoms with E-state index in [4.69, 9.17) is 4.74 Å². The summed E-state index contributed by atoms with van der Waals surface area (Å²) >= 11 is 0. The molecule has 0 fully saturated rings. The molecule has 1 heterocycles. The van der Waals surface area contributed by atoms with E-state index in [2.05, 4.69) is 5.10 Å². The Morgan fingerprint density at radius 1 is 1.19 bits per heavy atom. The lowest BCUT2D eigenvalue weighted by Gasteiger charge is -2.06. The van der Waals surface area contributed by atoms with Gasteiger partial charge in [0.2, 0.25) is 0 Å². The zero-order valence-electron chi connectivity index (χ0n) is 11.5. The van der Waals surface area contributed by atoms with Crippen molar-refractivity contribution in [1.29, 1.82) is 0 Å². The number of nitrogens with one attached hydrogen (secondary N) is 1. The molecule has 0 unspecified atom stereocenters. The number of rotatable bonds is 3. The monoisotopic (exact) mass is 282 g/mol. The molecule has 106 valence electrons. The lowest BCUT2D eigenvalue weighted by molar-refractivity contribution is 0.0525. The van der Waals surface area contributed by atoms with Gasteiger partial charge in [-0.1, -0.05) is 36.4 Å². The van der Waals surface area contributed by atoms with Gasteiger partial charge >= 0.3 is 5.97 Å². The summed E-state index contributed by atoms with van der Waals surface area (Å²) in [6.07, 6.45) is 1.38. The Balaban J connectivity index is 2.16. The van der Waals surface area contributed by atoms with Gasteiger partial charge in [-0.15, -0.1) is 0 Å². The number of benzene rings is 2. The third-order valence-corrected chi connectivity index (χ3v) is 3.27. The van der Waals surface area contributed by atoms with E-state index in [1.165, 1.54) is 10.9 Å². The summed E-state index contributed by atoms with van der Waals surface area (Å²) in [5, 5.41) is 4.78. The molecule has 1 N–H and O–H groups in total. The van der Waals surface area contributed by atoms with Crippen molar-refractivity contribution in [2.75, 3.05) is 6.61 Å². The number of carbonyl (C=O) groups excluding carboxylic acids is 1. The molecule has 0 spiro atoms. The SMILES string of the molecule is CCOC(=O)c1c[nH]n(-c2cccc3ccccc23)c1=O. The molecule has 0 bridgehead atoms. The molecule has 3 rings (SSSR count). The molecule has 1 aromatic heterocycles. The highest BCUT2D eigenvalue weighted by molar-refractivity contribution is 5.91. The molecule has 0 radical (unpaired) electrons. The first kappa shape index (κ1) is 13.2. The molecular formula is C16H14N2O3. The third-order valence-electron chi connectivity index (χ3n) is 3.27. The van der Waals surface area contributed by atoms with Crippen LogP contribution in [0.1, 0.15) is 17.3 Å². The van der Waals surface area contributed by atoms with Crippen molar-refractivity contribution in [2.45, 2.75) is 6.92 Å². The maximum absolute atomic E-state index is 12.4. The Bertz CT molecular complexity index is 856. The second kappa shape index (κ2) is 5.28. The van der Waals surface area contributed by atoms with Crippen molar-refractivity contribution in [2.24, 2.45) is 0 Å². The standard InChI is InChI=1S/C16H14N2O3/c1-2-21-16(20)13-10-17-18(15(13)19)14-9-5-7-11-6-3-4-8-12(11)14/h3-10,17H,2H2,1H3. The van der Waals surface area contributed by atoms with Gasteiger partial charge in [-0.3, -0.25) is 9.89 Å². The fraction of sp³-hybridized carbons (Fsp3) is 0.125. The highest BCUT2D eigenvalue weighted by Gasteiger charge is 2.17. The lowest BCUT2D eigenvalue weighted by atomic mass is 10.1. The van der Waals surface area contributed by atoms with Gasteiger partial charge in [-0.05, 0) is 18.4 Å². The minimum Gasteiger partial charge on any atom is -0.462 e. The number of esters is 1. The molecule has 21 heavy (non-hydrogen) atoms. The average molecular weight is 282 g/mol. The molecular weight excluding hydrogens is 268 g/mol. The Labute approximate surface area is 120 Å². The maximum Gasteiger partial charge on any atom is 0.345 e. The van der Waals surface area contributed by atoms with Crippen molar-refractivity contribution < 1.29 is 9.53 Å². The summed E-state index contributed by atoms with van der Waals surface area (Å²) in [5.41, 5.74) is 0.295. The quantitative estimate of drug-likeness (QED) is 0.751. The average Bonchev–Trinajstić information content (AvgIpc) is 2.88. The zero-order valence-corrected chi connectivity index (χ0v) is 11.5. The van der Waals surface area contributed by atoms with Crippen LogP contribution in [-0.2, 0) is 4.74 Å². The Morgan fingerprint density at radius 3 is 2.76 bits per heavy atom. The van der Waals surface area contributed by atoms with Crippen molar-refractivity contribution >= 4 is 16.7 Å². The summed E-state index contributed by atoms with van der Waals surface area (Å²) in [6, 6.07) is 13.4. The van der Waals surface area contributed by atoms with Crippen LogP contribution in [0, 0.1) is 0 Å². The number of hydrogen-bond donors (Lipinski definition) is 1. The first-order valence-electron chi connectivity index (χ1n) is 6.68. The van der Waals surface area contributed by atoms with Crippen LogP contribution in [0.2, 0.25) is 0 Å². The van der Waals surface area contributed by atoms with Gasteiger partial charge in [0.1, 0.15) is 5.56 Å². The molecule has 0 saturated carbocycles. The van der Waals surface area contributed by atoms with Crippen molar-refractivity contribution in [1.82, 2.24) is 9.78 Å².